The van der Waals surface area contributed by atoms with Gasteiger partial charge in [0.1, 0.15) is 4.91 Å². The highest BCUT2D eigenvalue weighted by atomic mass is 35.5. The van der Waals surface area contributed by atoms with Crippen molar-refractivity contribution in [1.29, 1.82) is 0 Å². The van der Waals surface area contributed by atoms with Crippen LogP contribution in [0.4, 0.5) is 5.69 Å². The third kappa shape index (κ3) is 4.69. The Morgan fingerprint density at radius 2 is 1.97 bits per heavy atom. The molecule has 0 aromatic heterocycles. The molecule has 0 spiro atoms. The zero-order valence-corrected chi connectivity index (χ0v) is 18.9. The highest BCUT2D eigenvalue weighted by molar-refractivity contribution is 7.97. The maximum absolute atomic E-state index is 13.1. The molecule has 2 aromatic carbocycles. The van der Waals surface area contributed by atoms with Crippen molar-refractivity contribution in [3.8, 4) is 0 Å². The van der Waals surface area contributed by atoms with E-state index in [2.05, 4.69) is 14.8 Å². The van der Waals surface area contributed by atoms with Crippen LogP contribution in [0.2, 0.25) is 10.0 Å². The number of fused-ring (bicyclic) bond motifs is 1. The topological polar surface area (TPSA) is 90.5 Å². The summed E-state index contributed by atoms with van der Waals surface area (Å²) in [5.74, 6) is -0.467. The number of amides is 1. The van der Waals surface area contributed by atoms with E-state index in [1.165, 1.54) is 36.4 Å². The molecule has 0 bridgehead atoms. The van der Waals surface area contributed by atoms with Gasteiger partial charge in [-0.1, -0.05) is 41.4 Å². The van der Waals surface area contributed by atoms with E-state index in [1.54, 1.807) is 41.0 Å². The van der Waals surface area contributed by atoms with E-state index in [-0.39, 0.29) is 27.7 Å². The first-order valence-electron chi connectivity index (χ1n) is 9.00. The normalized spacial score (nSPS) is 15.0. The van der Waals surface area contributed by atoms with Gasteiger partial charge in [0.15, 0.2) is 0 Å². The van der Waals surface area contributed by atoms with Crippen molar-refractivity contribution in [1.82, 2.24) is 14.3 Å². The van der Waals surface area contributed by atoms with Crippen molar-refractivity contribution in [3.05, 3.63) is 98.8 Å². The van der Waals surface area contributed by atoms with Gasteiger partial charge in [-0.2, -0.15) is 0 Å². The molecule has 2 aliphatic heterocycles. The number of benzene rings is 2. The molecule has 4 rings (SSSR count). The number of carbonyl (C=O) groups excluding carboxylic acids is 1. The largest absolute Gasteiger partial charge is 0.348 e. The molecule has 0 unspecified atom stereocenters. The number of nitrogens with zero attached hydrogens (tertiary/aromatic N) is 1. The van der Waals surface area contributed by atoms with Gasteiger partial charge < -0.3 is 10.0 Å². The van der Waals surface area contributed by atoms with Crippen molar-refractivity contribution < 1.29 is 13.2 Å². The standard InChI is InChI=1S/C20H16Cl2N4O3S2/c21-14-7-8-15(20(27)23-11-13-4-1-2-5-16(13)22)17(10-14)25-31(28,29)19-6-3-9-26-18(19)12-24-30-26/h1-10,12,24-25H,11H2,(H,23,27). The minimum atomic E-state index is -4.00. The zero-order valence-electron chi connectivity index (χ0n) is 15.8. The molecule has 2 aromatic rings. The SMILES string of the molecule is O=C(NCc1ccccc1Cl)c1ccc(Cl)cc1NS(=O)(=O)C1=CC=CN2SNC=C12. The summed E-state index contributed by atoms with van der Waals surface area (Å²) in [7, 11) is -4.00. The molecule has 1 amide bonds. The first-order valence-corrected chi connectivity index (χ1v) is 12.0. The van der Waals surface area contributed by atoms with Crippen LogP contribution in [0.1, 0.15) is 15.9 Å². The molecular formula is C20H16Cl2N4O3S2. The van der Waals surface area contributed by atoms with Gasteiger partial charge >= 0.3 is 0 Å². The van der Waals surface area contributed by atoms with E-state index in [1.807, 2.05) is 6.07 Å². The van der Waals surface area contributed by atoms with Gasteiger partial charge in [-0.15, -0.1) is 0 Å². The van der Waals surface area contributed by atoms with Crippen molar-refractivity contribution in [2.75, 3.05) is 4.72 Å². The van der Waals surface area contributed by atoms with Crippen LogP contribution in [0.5, 0.6) is 0 Å². The molecule has 160 valence electrons. The quantitative estimate of drug-likeness (QED) is 0.516. The Bertz CT molecular complexity index is 1240. The summed E-state index contributed by atoms with van der Waals surface area (Å²) >= 11 is 13.5. The summed E-state index contributed by atoms with van der Waals surface area (Å²) in [6.07, 6.45) is 6.44. The molecule has 0 saturated heterocycles. The third-order valence-electron chi connectivity index (χ3n) is 4.46. The summed E-state index contributed by atoms with van der Waals surface area (Å²) in [5, 5.41) is 3.57. The fraction of sp³-hybridized carbons (Fsp3) is 0.0500. The van der Waals surface area contributed by atoms with Crippen LogP contribution in [0.25, 0.3) is 0 Å². The average Bonchev–Trinajstić information content (AvgIpc) is 3.21. The average molecular weight is 495 g/mol. The van der Waals surface area contributed by atoms with E-state index in [0.29, 0.717) is 10.7 Å². The van der Waals surface area contributed by atoms with Crippen LogP contribution in [0, 0.1) is 0 Å². The number of halogens is 2. The second-order valence-corrected chi connectivity index (χ2v) is 9.81. The molecule has 3 N–H and O–H groups in total. The van der Waals surface area contributed by atoms with E-state index >= 15 is 0 Å². The summed E-state index contributed by atoms with van der Waals surface area (Å²) in [4.78, 5) is 12.9. The maximum atomic E-state index is 13.1. The first kappa shape index (κ1) is 21.6. The van der Waals surface area contributed by atoms with Gasteiger partial charge in [0.05, 0.1) is 29.1 Å². The lowest BCUT2D eigenvalue weighted by atomic mass is 10.1. The summed E-state index contributed by atoms with van der Waals surface area (Å²) < 4.78 is 33.3. The maximum Gasteiger partial charge on any atom is 0.264 e. The molecular weight excluding hydrogens is 479 g/mol. The number of rotatable bonds is 6. The van der Waals surface area contributed by atoms with E-state index in [4.69, 9.17) is 23.2 Å². The molecule has 0 radical (unpaired) electrons. The Morgan fingerprint density at radius 3 is 2.77 bits per heavy atom. The van der Waals surface area contributed by atoms with Gasteiger partial charge in [-0.05, 0) is 42.0 Å². The smallest absolute Gasteiger partial charge is 0.264 e. The fourth-order valence-electron chi connectivity index (χ4n) is 2.97. The van der Waals surface area contributed by atoms with Gasteiger partial charge in [0, 0.05) is 29.0 Å². The molecule has 2 heterocycles. The second-order valence-electron chi connectivity index (χ2n) is 6.51. The number of allylic oxidation sites excluding steroid dienone is 2. The highest BCUT2D eigenvalue weighted by Gasteiger charge is 2.30. The molecule has 0 aliphatic carbocycles. The van der Waals surface area contributed by atoms with E-state index in [9.17, 15) is 13.2 Å². The van der Waals surface area contributed by atoms with E-state index < -0.39 is 15.9 Å². The molecule has 0 saturated carbocycles. The van der Waals surface area contributed by atoms with E-state index in [0.717, 1.165) is 5.56 Å². The van der Waals surface area contributed by atoms with Crippen molar-refractivity contribution >= 4 is 57.0 Å². The van der Waals surface area contributed by atoms with Gasteiger partial charge in [0.25, 0.3) is 15.9 Å². The predicted octanol–water partition coefficient (Wildman–Crippen LogP) is 4.39. The number of nitrogens with one attached hydrogen (secondary N) is 3. The highest BCUT2D eigenvalue weighted by Crippen LogP contribution is 2.34. The van der Waals surface area contributed by atoms with Gasteiger partial charge in [-0.25, -0.2) is 8.42 Å². The van der Waals surface area contributed by atoms with Crippen LogP contribution in [-0.4, -0.2) is 18.6 Å². The van der Waals surface area contributed by atoms with Crippen molar-refractivity contribution in [3.63, 3.8) is 0 Å². The minimum absolute atomic E-state index is 0.0647. The fourth-order valence-corrected chi connectivity index (χ4v) is 5.32. The number of carbonyl (C=O) groups is 1. The zero-order chi connectivity index (χ0) is 22.0. The van der Waals surface area contributed by atoms with Crippen LogP contribution < -0.4 is 14.8 Å². The Labute approximate surface area is 194 Å². The van der Waals surface area contributed by atoms with Crippen LogP contribution in [0.15, 0.2) is 77.6 Å². The molecule has 31 heavy (non-hydrogen) atoms. The monoisotopic (exact) mass is 494 g/mol. The molecule has 0 fully saturated rings. The van der Waals surface area contributed by atoms with Crippen molar-refractivity contribution in [2.24, 2.45) is 0 Å². The summed E-state index contributed by atoms with van der Waals surface area (Å²) in [5.41, 5.74) is 1.43. The molecule has 7 nitrogen and oxygen atoms in total. The van der Waals surface area contributed by atoms with Gasteiger partial charge in [0.2, 0.25) is 0 Å². The van der Waals surface area contributed by atoms with Crippen molar-refractivity contribution in [2.45, 2.75) is 6.54 Å². The first-order chi connectivity index (χ1) is 14.8. The number of hydrogen-bond donors (Lipinski definition) is 3. The summed E-state index contributed by atoms with van der Waals surface area (Å²) in [6, 6.07) is 11.5. The van der Waals surface area contributed by atoms with Crippen LogP contribution in [-0.2, 0) is 16.6 Å². The lowest BCUT2D eigenvalue weighted by Gasteiger charge is -2.21. The summed E-state index contributed by atoms with van der Waals surface area (Å²) in [6.45, 7) is 0.189. The van der Waals surface area contributed by atoms with Crippen LogP contribution >= 0.6 is 35.3 Å². The Balaban J connectivity index is 1.58. The molecule has 11 heteroatoms. The second kappa shape index (κ2) is 8.88. The van der Waals surface area contributed by atoms with Crippen LogP contribution in [0.3, 0.4) is 0 Å². The third-order valence-corrected chi connectivity index (χ3v) is 7.22. The lowest BCUT2D eigenvalue weighted by molar-refractivity contribution is 0.0952. The number of sulfonamides is 1. The Morgan fingerprint density at radius 1 is 1.16 bits per heavy atom. The lowest BCUT2D eigenvalue weighted by Crippen LogP contribution is -2.26. The number of anilines is 1. The Hall–Kier alpha value is -2.59. The van der Waals surface area contributed by atoms with Gasteiger partial charge in [-0.3, -0.25) is 13.8 Å². The predicted molar refractivity (Wildman–Crippen MR) is 124 cm³/mol. The molecule has 0 atom stereocenters. The Kier molecular flexibility index (Phi) is 6.19. The minimum Gasteiger partial charge on any atom is -0.348 e. The number of hydrogen-bond acceptors (Lipinski definition) is 6. The molecule has 2 aliphatic rings.